The second kappa shape index (κ2) is 20.0. The van der Waals surface area contributed by atoms with Gasteiger partial charge in [0, 0.05) is 78.2 Å². The van der Waals surface area contributed by atoms with Gasteiger partial charge in [-0.15, -0.1) is 22.7 Å². The standard InChI is InChI=1S/C55H57N3O5S2/c1-38-45(53(60)51-47-11-3-5-13-49(47)65-55(51)41-18-24-44(25-19-41)62-36-33-57-29-8-9-30-57)26-31-58(38)34-37-63-42-20-14-39(15-21-42)52(59)50-46-10-2-4-12-48(46)64-54(50)40-16-22-43(23-17-40)61-35-32-56-27-6-7-28-56/h2-5,10-25,38,45H,6-9,26-37H2,1H3. The smallest absolute Gasteiger partial charge is 0.195 e. The van der Waals surface area contributed by atoms with Gasteiger partial charge in [-0.3, -0.25) is 24.3 Å². The number of Topliss-reactive ketones (excluding diaryl/α,β-unsaturated/α-hetero) is 1. The number of hydrogen-bond donors (Lipinski definition) is 0. The van der Waals surface area contributed by atoms with Crippen molar-refractivity contribution in [1.29, 1.82) is 0 Å². The Kier molecular flexibility index (Phi) is 13.4. The number of ketones is 2. The number of thiophene rings is 2. The van der Waals surface area contributed by atoms with E-state index in [0.29, 0.717) is 37.7 Å². The van der Waals surface area contributed by atoms with Crippen LogP contribution in [0.2, 0.25) is 0 Å². The fourth-order valence-electron chi connectivity index (χ4n) is 9.95. The van der Waals surface area contributed by atoms with Crippen LogP contribution in [0.4, 0.5) is 0 Å². The Morgan fingerprint density at radius 3 is 1.51 bits per heavy atom. The highest BCUT2D eigenvalue weighted by Crippen LogP contribution is 2.43. The van der Waals surface area contributed by atoms with Gasteiger partial charge in [0.25, 0.3) is 0 Å². The lowest BCUT2D eigenvalue weighted by Crippen LogP contribution is -2.35. The summed E-state index contributed by atoms with van der Waals surface area (Å²) in [6.07, 6.45) is 5.91. The molecule has 2 atom stereocenters. The van der Waals surface area contributed by atoms with E-state index >= 15 is 0 Å². The van der Waals surface area contributed by atoms with E-state index in [1.165, 1.54) is 38.8 Å². The molecular formula is C55H57N3O5S2. The zero-order valence-corrected chi connectivity index (χ0v) is 38.8. The van der Waals surface area contributed by atoms with E-state index < -0.39 is 0 Å². The number of likely N-dealkylation sites (tertiary alicyclic amines) is 3. The second-order valence-electron chi connectivity index (χ2n) is 17.7. The Balaban J connectivity index is 0.764. The molecule has 0 radical (unpaired) electrons. The predicted octanol–water partition coefficient (Wildman–Crippen LogP) is 11.6. The maximum absolute atomic E-state index is 14.6. The number of nitrogens with zero attached hydrogens (tertiary/aromatic N) is 3. The van der Waals surface area contributed by atoms with Crippen molar-refractivity contribution >= 4 is 54.4 Å². The summed E-state index contributed by atoms with van der Waals surface area (Å²) >= 11 is 3.35. The molecule has 10 rings (SSSR count). The molecule has 3 fully saturated rings. The molecule has 8 nitrogen and oxygen atoms in total. The van der Waals surface area contributed by atoms with E-state index in [-0.39, 0.29) is 23.5 Å². The third-order valence-electron chi connectivity index (χ3n) is 13.6. The minimum absolute atomic E-state index is 0.00703. The summed E-state index contributed by atoms with van der Waals surface area (Å²) in [5, 5.41) is 2.00. The molecule has 0 bridgehead atoms. The molecule has 0 saturated carbocycles. The van der Waals surface area contributed by atoms with Crippen LogP contribution >= 0.6 is 22.7 Å². The second-order valence-corrected chi connectivity index (χ2v) is 19.8. The monoisotopic (exact) mass is 903 g/mol. The normalized spacial score (nSPS) is 18.2. The molecule has 5 aromatic carbocycles. The molecule has 0 amide bonds. The predicted molar refractivity (Wildman–Crippen MR) is 266 cm³/mol. The summed E-state index contributed by atoms with van der Waals surface area (Å²) in [5.41, 5.74) is 4.24. The molecule has 3 aliphatic heterocycles. The number of rotatable bonds is 18. The van der Waals surface area contributed by atoms with E-state index in [4.69, 9.17) is 14.2 Å². The maximum Gasteiger partial charge on any atom is 0.195 e. The van der Waals surface area contributed by atoms with Gasteiger partial charge in [0.05, 0.1) is 0 Å². The zero-order chi connectivity index (χ0) is 44.1. The Morgan fingerprint density at radius 1 is 0.538 bits per heavy atom. The number of fused-ring (bicyclic) bond motifs is 2. The van der Waals surface area contributed by atoms with Gasteiger partial charge in [-0.2, -0.15) is 0 Å². The summed E-state index contributed by atoms with van der Waals surface area (Å²) < 4.78 is 20.7. The van der Waals surface area contributed by atoms with Crippen molar-refractivity contribution in [3.05, 3.63) is 138 Å². The van der Waals surface area contributed by atoms with Gasteiger partial charge >= 0.3 is 0 Å². The molecule has 0 spiro atoms. The van der Waals surface area contributed by atoms with Gasteiger partial charge in [-0.05, 0) is 168 Å². The number of ether oxygens (including phenoxy) is 3. The van der Waals surface area contributed by atoms with Crippen LogP contribution in [0, 0.1) is 5.92 Å². The molecule has 65 heavy (non-hydrogen) atoms. The first-order valence-electron chi connectivity index (χ1n) is 23.5. The van der Waals surface area contributed by atoms with Crippen LogP contribution in [-0.4, -0.2) is 104 Å². The van der Waals surface area contributed by atoms with Gasteiger partial charge < -0.3 is 14.2 Å². The molecule has 10 heteroatoms. The van der Waals surface area contributed by atoms with Crippen LogP contribution in [0.1, 0.15) is 65.3 Å². The largest absolute Gasteiger partial charge is 0.492 e. The van der Waals surface area contributed by atoms with Crippen LogP contribution in [0.3, 0.4) is 0 Å². The highest BCUT2D eigenvalue weighted by molar-refractivity contribution is 7.23. The minimum atomic E-state index is -0.112. The van der Waals surface area contributed by atoms with Crippen molar-refractivity contribution in [3.8, 4) is 38.1 Å². The fourth-order valence-corrected chi connectivity index (χ4v) is 12.4. The van der Waals surface area contributed by atoms with Gasteiger partial charge in [-0.1, -0.05) is 36.4 Å². The summed E-state index contributed by atoms with van der Waals surface area (Å²) in [7, 11) is 0. The van der Waals surface area contributed by atoms with Gasteiger partial charge in [-0.25, -0.2) is 0 Å². The van der Waals surface area contributed by atoms with Crippen molar-refractivity contribution in [2.24, 2.45) is 5.92 Å². The first-order chi connectivity index (χ1) is 32.0. The van der Waals surface area contributed by atoms with Crippen molar-refractivity contribution in [1.82, 2.24) is 14.7 Å². The molecule has 3 aliphatic rings. The Bertz CT molecular complexity index is 2730. The first-order valence-corrected chi connectivity index (χ1v) is 25.1. The van der Waals surface area contributed by atoms with E-state index in [1.807, 2.05) is 72.8 Å². The Labute approximate surface area is 390 Å². The van der Waals surface area contributed by atoms with Crippen molar-refractivity contribution in [2.75, 3.05) is 72.2 Å². The Morgan fingerprint density at radius 2 is 0.985 bits per heavy atom. The zero-order valence-electron chi connectivity index (χ0n) is 37.2. The summed E-state index contributed by atoms with van der Waals surface area (Å²) in [6.45, 7) is 12.1. The molecule has 2 unspecified atom stereocenters. The van der Waals surface area contributed by atoms with Crippen LogP contribution in [-0.2, 0) is 0 Å². The summed E-state index contributed by atoms with van der Waals surface area (Å²) in [6, 6.07) is 40.5. The van der Waals surface area contributed by atoms with E-state index in [0.717, 1.165) is 103 Å². The van der Waals surface area contributed by atoms with E-state index in [9.17, 15) is 9.59 Å². The highest BCUT2D eigenvalue weighted by Gasteiger charge is 2.38. The Hall–Kier alpha value is -5.36. The molecule has 3 saturated heterocycles. The third kappa shape index (κ3) is 9.65. The van der Waals surface area contributed by atoms with Crippen LogP contribution in [0.15, 0.2) is 121 Å². The number of carbonyl (C=O) groups is 2. The molecule has 7 aromatic rings. The molecule has 5 heterocycles. The van der Waals surface area contributed by atoms with Crippen molar-refractivity contribution < 1.29 is 23.8 Å². The molecule has 0 N–H and O–H groups in total. The van der Waals surface area contributed by atoms with Crippen molar-refractivity contribution in [2.45, 2.75) is 45.1 Å². The number of carbonyl (C=O) groups excluding carboxylic acids is 2. The average molecular weight is 904 g/mol. The topological polar surface area (TPSA) is 71.5 Å². The first kappa shape index (κ1) is 43.5. The van der Waals surface area contributed by atoms with E-state index in [2.05, 4.69) is 70.2 Å². The van der Waals surface area contributed by atoms with Crippen LogP contribution in [0.5, 0.6) is 17.2 Å². The van der Waals surface area contributed by atoms with E-state index in [1.54, 1.807) is 22.7 Å². The number of hydrogen-bond acceptors (Lipinski definition) is 10. The lowest BCUT2D eigenvalue weighted by Gasteiger charge is -2.24. The van der Waals surface area contributed by atoms with Gasteiger partial charge in [0.2, 0.25) is 0 Å². The van der Waals surface area contributed by atoms with Gasteiger partial charge in [0.15, 0.2) is 11.6 Å². The third-order valence-corrected chi connectivity index (χ3v) is 16.1. The molecular weight excluding hydrogens is 847 g/mol. The highest BCUT2D eigenvalue weighted by atomic mass is 32.1. The fraction of sp³-hybridized carbons (Fsp3) is 0.345. The lowest BCUT2D eigenvalue weighted by molar-refractivity contribution is 0.0887. The average Bonchev–Trinajstić information content (AvgIpc) is 4.21. The lowest BCUT2D eigenvalue weighted by atomic mass is 9.89. The quantitative estimate of drug-likeness (QED) is 0.0789. The summed E-state index contributed by atoms with van der Waals surface area (Å²) in [5.74, 6) is 2.52. The SMILES string of the molecule is CC1C(C(=O)c2c(-c3ccc(OCCN4CCCC4)cc3)sc3ccccc23)CCN1CCOc1ccc(C(=O)c2c(-c3ccc(OCCN4CCCC4)cc3)sc3ccccc23)cc1. The van der Waals surface area contributed by atoms with Crippen LogP contribution in [0.25, 0.3) is 41.1 Å². The maximum atomic E-state index is 14.6. The van der Waals surface area contributed by atoms with Gasteiger partial charge in [0.1, 0.15) is 37.1 Å². The minimum Gasteiger partial charge on any atom is -0.492 e. The molecule has 0 aliphatic carbocycles. The molecule has 2 aromatic heterocycles. The van der Waals surface area contributed by atoms with Crippen molar-refractivity contribution in [3.63, 3.8) is 0 Å². The molecule has 334 valence electrons. The number of benzene rings is 5. The summed E-state index contributed by atoms with van der Waals surface area (Å²) in [4.78, 5) is 38.2. The van der Waals surface area contributed by atoms with Crippen LogP contribution < -0.4 is 14.2 Å².